The number of benzene rings is 1. The first-order valence-corrected chi connectivity index (χ1v) is 4.71. The molecule has 0 atom stereocenters. The number of nitrogens with zero attached hydrogens (tertiary/aromatic N) is 1. The van der Waals surface area contributed by atoms with Crippen LogP contribution in [0.1, 0.15) is 10.4 Å². The lowest BCUT2D eigenvalue weighted by molar-refractivity contribution is -0.387. The van der Waals surface area contributed by atoms with Crippen LogP contribution in [0, 0.1) is 15.9 Å². The van der Waals surface area contributed by atoms with Crippen LogP contribution in [-0.4, -0.2) is 16.0 Å². The SMILES string of the molecule is O=C(CBr)c1ccc(F)c([N+](=O)[O-])c1. The lowest BCUT2D eigenvalue weighted by Crippen LogP contribution is -2.02. The number of halogens is 2. The van der Waals surface area contributed by atoms with Crippen molar-refractivity contribution in [1.82, 2.24) is 0 Å². The van der Waals surface area contributed by atoms with Gasteiger partial charge in [-0.3, -0.25) is 14.9 Å². The first-order valence-electron chi connectivity index (χ1n) is 3.59. The summed E-state index contributed by atoms with van der Waals surface area (Å²) in [4.78, 5) is 20.6. The molecule has 0 spiro atoms. The molecule has 1 aromatic rings. The summed E-state index contributed by atoms with van der Waals surface area (Å²) in [5, 5.41) is 10.4. The number of carbonyl (C=O) groups excluding carboxylic acids is 1. The number of hydrogen-bond acceptors (Lipinski definition) is 3. The van der Waals surface area contributed by atoms with Crippen LogP contribution in [0.3, 0.4) is 0 Å². The van der Waals surface area contributed by atoms with E-state index in [0.29, 0.717) is 0 Å². The zero-order chi connectivity index (χ0) is 10.7. The van der Waals surface area contributed by atoms with Crippen molar-refractivity contribution in [2.24, 2.45) is 0 Å². The Kier molecular flexibility index (Phi) is 3.29. The molecule has 0 amide bonds. The molecule has 0 saturated carbocycles. The molecule has 0 N–H and O–H groups in total. The van der Waals surface area contributed by atoms with Gasteiger partial charge in [-0.1, -0.05) is 15.9 Å². The normalized spacial score (nSPS) is 9.86. The minimum atomic E-state index is -0.943. The third-order valence-corrected chi connectivity index (χ3v) is 2.10. The fourth-order valence-electron chi connectivity index (χ4n) is 0.903. The number of nitro benzene ring substituents is 1. The highest BCUT2D eigenvalue weighted by Gasteiger charge is 2.16. The maximum Gasteiger partial charge on any atom is 0.305 e. The highest BCUT2D eigenvalue weighted by molar-refractivity contribution is 9.09. The minimum Gasteiger partial charge on any atom is -0.293 e. The Morgan fingerprint density at radius 3 is 2.71 bits per heavy atom. The second-order valence-electron chi connectivity index (χ2n) is 2.48. The Hall–Kier alpha value is -1.30. The minimum absolute atomic E-state index is 0.0514. The van der Waals surface area contributed by atoms with Gasteiger partial charge in [-0.05, 0) is 12.1 Å². The largest absolute Gasteiger partial charge is 0.305 e. The van der Waals surface area contributed by atoms with E-state index in [1.807, 2.05) is 0 Å². The Morgan fingerprint density at radius 1 is 1.57 bits per heavy atom. The standard InChI is InChI=1S/C8H5BrFNO3/c9-4-8(12)5-1-2-6(10)7(3-5)11(13)14/h1-3H,4H2. The van der Waals surface area contributed by atoms with Crippen molar-refractivity contribution in [2.75, 3.05) is 5.33 Å². The van der Waals surface area contributed by atoms with E-state index in [4.69, 9.17) is 0 Å². The first-order chi connectivity index (χ1) is 6.56. The molecule has 0 aliphatic heterocycles. The second-order valence-corrected chi connectivity index (χ2v) is 3.04. The van der Waals surface area contributed by atoms with Gasteiger partial charge < -0.3 is 0 Å². The predicted octanol–water partition coefficient (Wildman–Crippen LogP) is 2.31. The molecule has 0 unspecified atom stereocenters. The number of alkyl halides is 1. The van der Waals surface area contributed by atoms with Crippen LogP contribution in [-0.2, 0) is 0 Å². The Labute approximate surface area is 87.0 Å². The molecule has 0 radical (unpaired) electrons. The zero-order valence-corrected chi connectivity index (χ0v) is 8.45. The van der Waals surface area contributed by atoms with Crippen LogP contribution in [0.25, 0.3) is 0 Å². The number of nitro groups is 1. The van der Waals surface area contributed by atoms with Gasteiger partial charge in [0.1, 0.15) is 0 Å². The number of rotatable bonds is 3. The number of carbonyl (C=O) groups is 1. The molecular weight excluding hydrogens is 257 g/mol. The smallest absolute Gasteiger partial charge is 0.293 e. The van der Waals surface area contributed by atoms with Crippen molar-refractivity contribution in [3.05, 3.63) is 39.7 Å². The summed E-state index contributed by atoms with van der Waals surface area (Å²) < 4.78 is 12.8. The molecular formula is C8H5BrFNO3. The van der Waals surface area contributed by atoms with Gasteiger partial charge in [0, 0.05) is 11.6 Å². The van der Waals surface area contributed by atoms with Crippen LogP contribution in [0.4, 0.5) is 10.1 Å². The van der Waals surface area contributed by atoms with E-state index >= 15 is 0 Å². The van der Waals surface area contributed by atoms with Crippen molar-refractivity contribution in [3.8, 4) is 0 Å². The van der Waals surface area contributed by atoms with Crippen molar-refractivity contribution in [1.29, 1.82) is 0 Å². The lowest BCUT2D eigenvalue weighted by atomic mass is 10.1. The Morgan fingerprint density at radius 2 is 2.21 bits per heavy atom. The van der Waals surface area contributed by atoms with E-state index in [1.165, 1.54) is 6.07 Å². The summed E-state index contributed by atoms with van der Waals surface area (Å²) in [6, 6.07) is 3.05. The van der Waals surface area contributed by atoms with Crippen molar-refractivity contribution in [3.63, 3.8) is 0 Å². The summed E-state index contributed by atoms with van der Waals surface area (Å²) in [7, 11) is 0. The summed E-state index contributed by atoms with van der Waals surface area (Å²) in [6.07, 6.45) is 0. The molecule has 0 heterocycles. The molecule has 1 aromatic carbocycles. The highest BCUT2D eigenvalue weighted by atomic mass is 79.9. The highest BCUT2D eigenvalue weighted by Crippen LogP contribution is 2.19. The summed E-state index contributed by atoms with van der Waals surface area (Å²) >= 11 is 2.92. The van der Waals surface area contributed by atoms with Gasteiger partial charge in [0.2, 0.25) is 5.82 Å². The maximum absolute atomic E-state index is 12.8. The van der Waals surface area contributed by atoms with Crippen LogP contribution < -0.4 is 0 Å². The summed E-state index contributed by atoms with van der Waals surface area (Å²) in [5.41, 5.74) is -0.563. The lowest BCUT2D eigenvalue weighted by Gasteiger charge is -1.97. The van der Waals surface area contributed by atoms with E-state index < -0.39 is 16.4 Å². The quantitative estimate of drug-likeness (QED) is 0.363. The van der Waals surface area contributed by atoms with Gasteiger partial charge in [0.05, 0.1) is 10.3 Å². The summed E-state index contributed by atoms with van der Waals surface area (Å²) in [5.74, 6) is -1.27. The molecule has 0 bridgehead atoms. The van der Waals surface area contributed by atoms with Crippen molar-refractivity contribution >= 4 is 27.4 Å². The fourth-order valence-corrected chi connectivity index (χ4v) is 1.23. The van der Waals surface area contributed by atoms with Gasteiger partial charge in [-0.2, -0.15) is 4.39 Å². The average molecular weight is 262 g/mol. The van der Waals surface area contributed by atoms with Gasteiger partial charge in [-0.15, -0.1) is 0 Å². The monoisotopic (exact) mass is 261 g/mol. The third-order valence-electron chi connectivity index (χ3n) is 1.59. The molecule has 0 saturated heterocycles. The zero-order valence-electron chi connectivity index (χ0n) is 6.87. The van der Waals surface area contributed by atoms with Gasteiger partial charge >= 0.3 is 5.69 Å². The van der Waals surface area contributed by atoms with E-state index in [-0.39, 0.29) is 16.7 Å². The molecule has 6 heteroatoms. The molecule has 14 heavy (non-hydrogen) atoms. The first kappa shape index (κ1) is 10.8. The molecule has 0 fully saturated rings. The van der Waals surface area contributed by atoms with E-state index in [9.17, 15) is 19.3 Å². The molecule has 0 aliphatic carbocycles. The van der Waals surface area contributed by atoms with E-state index in [1.54, 1.807) is 0 Å². The van der Waals surface area contributed by atoms with E-state index in [2.05, 4.69) is 15.9 Å². The molecule has 74 valence electrons. The van der Waals surface area contributed by atoms with Crippen LogP contribution in [0.5, 0.6) is 0 Å². The second kappa shape index (κ2) is 4.28. The van der Waals surface area contributed by atoms with Gasteiger partial charge in [0.25, 0.3) is 0 Å². The molecule has 1 rings (SSSR count). The Balaban J connectivity index is 3.19. The maximum atomic E-state index is 12.8. The average Bonchev–Trinajstić information content (AvgIpc) is 2.17. The molecule has 0 aromatic heterocycles. The number of Topliss-reactive ketones (excluding diaryl/α,β-unsaturated/α-hetero) is 1. The van der Waals surface area contributed by atoms with E-state index in [0.717, 1.165) is 12.1 Å². The van der Waals surface area contributed by atoms with Crippen LogP contribution in [0.2, 0.25) is 0 Å². The molecule has 0 aliphatic rings. The summed E-state index contributed by atoms with van der Waals surface area (Å²) in [6.45, 7) is 0. The van der Waals surface area contributed by atoms with Crippen LogP contribution >= 0.6 is 15.9 Å². The molecule has 4 nitrogen and oxygen atoms in total. The topological polar surface area (TPSA) is 60.2 Å². The van der Waals surface area contributed by atoms with Gasteiger partial charge in [0.15, 0.2) is 5.78 Å². The Bertz CT molecular complexity index is 394. The van der Waals surface area contributed by atoms with Crippen molar-refractivity contribution < 1.29 is 14.1 Å². The van der Waals surface area contributed by atoms with Crippen molar-refractivity contribution in [2.45, 2.75) is 0 Å². The van der Waals surface area contributed by atoms with Crippen LogP contribution in [0.15, 0.2) is 18.2 Å². The number of ketones is 1. The third kappa shape index (κ3) is 2.14. The number of hydrogen-bond donors (Lipinski definition) is 0. The predicted molar refractivity (Wildman–Crippen MR) is 51.2 cm³/mol. The van der Waals surface area contributed by atoms with Gasteiger partial charge in [-0.25, -0.2) is 0 Å². The fraction of sp³-hybridized carbons (Fsp3) is 0.125.